The van der Waals surface area contributed by atoms with Crippen LogP contribution in [0.25, 0.3) is 0 Å². The van der Waals surface area contributed by atoms with E-state index in [0.29, 0.717) is 5.56 Å². The third-order valence-electron chi connectivity index (χ3n) is 3.28. The first-order valence-electron chi connectivity index (χ1n) is 6.02. The van der Waals surface area contributed by atoms with E-state index in [0.717, 1.165) is 0 Å². The van der Waals surface area contributed by atoms with Crippen molar-refractivity contribution in [3.8, 4) is 0 Å². The monoisotopic (exact) mass is 240 g/mol. The Morgan fingerprint density at radius 1 is 1.06 bits per heavy atom. The SMILES string of the molecule is CC1(C)C=CC=CC1C(=O)C(=O)c1ccccc1. The number of rotatable bonds is 3. The van der Waals surface area contributed by atoms with Crippen LogP contribution < -0.4 is 0 Å². The van der Waals surface area contributed by atoms with Crippen molar-refractivity contribution >= 4 is 11.6 Å². The normalized spacial score (nSPS) is 20.7. The lowest BCUT2D eigenvalue weighted by atomic mass is 9.72. The first-order valence-corrected chi connectivity index (χ1v) is 6.02. The Hall–Kier alpha value is -1.96. The molecule has 0 radical (unpaired) electrons. The van der Waals surface area contributed by atoms with Crippen LogP contribution >= 0.6 is 0 Å². The van der Waals surface area contributed by atoms with Gasteiger partial charge in [0.15, 0.2) is 0 Å². The largest absolute Gasteiger partial charge is 0.290 e. The van der Waals surface area contributed by atoms with Crippen molar-refractivity contribution in [3.63, 3.8) is 0 Å². The molecule has 2 rings (SSSR count). The molecule has 0 saturated heterocycles. The molecule has 1 aliphatic carbocycles. The quantitative estimate of drug-likeness (QED) is 0.600. The van der Waals surface area contributed by atoms with Crippen LogP contribution in [0.4, 0.5) is 0 Å². The summed E-state index contributed by atoms with van der Waals surface area (Å²) in [7, 11) is 0. The van der Waals surface area contributed by atoms with Gasteiger partial charge < -0.3 is 0 Å². The Morgan fingerprint density at radius 2 is 1.72 bits per heavy atom. The smallest absolute Gasteiger partial charge is 0.229 e. The lowest BCUT2D eigenvalue weighted by molar-refractivity contribution is -0.119. The molecule has 2 heteroatoms. The predicted octanol–water partition coefficient (Wildman–Crippen LogP) is 3.21. The van der Waals surface area contributed by atoms with Crippen LogP contribution in [0.2, 0.25) is 0 Å². The summed E-state index contributed by atoms with van der Waals surface area (Å²) in [5.74, 6) is -1.13. The second kappa shape index (κ2) is 4.73. The van der Waals surface area contributed by atoms with Gasteiger partial charge in [0.2, 0.25) is 11.6 Å². The van der Waals surface area contributed by atoms with Crippen molar-refractivity contribution < 1.29 is 9.59 Å². The molecule has 0 spiro atoms. The molecule has 1 aromatic carbocycles. The van der Waals surface area contributed by atoms with Crippen molar-refractivity contribution in [1.82, 2.24) is 0 Å². The molecular formula is C16H16O2. The maximum atomic E-state index is 12.3. The van der Waals surface area contributed by atoms with Gasteiger partial charge in [0.25, 0.3) is 0 Å². The number of carbonyl (C=O) groups excluding carboxylic acids is 2. The molecule has 1 unspecified atom stereocenters. The maximum Gasteiger partial charge on any atom is 0.229 e. The minimum Gasteiger partial charge on any atom is -0.290 e. The molecule has 2 nitrogen and oxygen atoms in total. The highest BCUT2D eigenvalue weighted by molar-refractivity contribution is 6.44. The lowest BCUT2D eigenvalue weighted by Gasteiger charge is -2.29. The summed E-state index contributed by atoms with van der Waals surface area (Å²) >= 11 is 0. The third-order valence-corrected chi connectivity index (χ3v) is 3.28. The number of carbonyl (C=O) groups is 2. The van der Waals surface area contributed by atoms with Crippen molar-refractivity contribution in [2.24, 2.45) is 11.3 Å². The molecule has 92 valence electrons. The van der Waals surface area contributed by atoms with Crippen LogP contribution in [-0.4, -0.2) is 11.6 Å². The molecule has 0 heterocycles. The summed E-state index contributed by atoms with van der Waals surface area (Å²) in [4.78, 5) is 24.4. The van der Waals surface area contributed by atoms with Crippen molar-refractivity contribution in [3.05, 3.63) is 60.2 Å². The van der Waals surface area contributed by atoms with Crippen LogP contribution in [0.5, 0.6) is 0 Å². The van der Waals surface area contributed by atoms with Crippen molar-refractivity contribution in [2.75, 3.05) is 0 Å². The molecule has 0 bridgehead atoms. The second-order valence-electron chi connectivity index (χ2n) is 5.10. The predicted molar refractivity (Wildman–Crippen MR) is 71.3 cm³/mol. The molecular weight excluding hydrogens is 224 g/mol. The van der Waals surface area contributed by atoms with Crippen LogP contribution in [0.3, 0.4) is 0 Å². The Bertz CT molecular complexity index is 521. The fourth-order valence-electron chi connectivity index (χ4n) is 2.13. The molecule has 0 N–H and O–H groups in total. The summed E-state index contributed by atoms with van der Waals surface area (Å²) in [5.41, 5.74) is 0.150. The van der Waals surface area contributed by atoms with Gasteiger partial charge in [0.1, 0.15) is 0 Å². The number of Topliss-reactive ketones (excluding diaryl/α,β-unsaturated/α-hetero) is 2. The fourth-order valence-corrected chi connectivity index (χ4v) is 2.13. The molecule has 0 amide bonds. The molecule has 0 fully saturated rings. The first-order chi connectivity index (χ1) is 8.52. The molecule has 0 aromatic heterocycles. The summed E-state index contributed by atoms with van der Waals surface area (Å²) in [5, 5.41) is 0. The number of benzene rings is 1. The number of allylic oxidation sites excluding steroid dienone is 4. The summed E-state index contributed by atoms with van der Waals surface area (Å²) in [6.07, 6.45) is 7.51. The van der Waals surface area contributed by atoms with Gasteiger partial charge in [-0.3, -0.25) is 9.59 Å². The van der Waals surface area contributed by atoms with Gasteiger partial charge >= 0.3 is 0 Å². The van der Waals surface area contributed by atoms with Crippen LogP contribution in [0.1, 0.15) is 24.2 Å². The molecule has 1 atom stereocenters. The molecule has 1 aliphatic rings. The zero-order chi connectivity index (χ0) is 13.2. The van der Waals surface area contributed by atoms with Crippen molar-refractivity contribution in [1.29, 1.82) is 0 Å². The summed E-state index contributed by atoms with van der Waals surface area (Å²) in [6.45, 7) is 3.93. The van der Waals surface area contributed by atoms with E-state index in [9.17, 15) is 9.59 Å². The summed E-state index contributed by atoms with van der Waals surface area (Å²) < 4.78 is 0. The Labute approximate surface area is 107 Å². The van der Waals surface area contributed by atoms with Gasteiger partial charge in [-0.15, -0.1) is 0 Å². The van der Waals surface area contributed by atoms with Crippen LogP contribution in [0.15, 0.2) is 54.6 Å². The van der Waals surface area contributed by atoms with E-state index in [2.05, 4.69) is 0 Å². The average Bonchev–Trinajstić information content (AvgIpc) is 2.37. The van der Waals surface area contributed by atoms with Gasteiger partial charge in [0.05, 0.1) is 5.92 Å². The van der Waals surface area contributed by atoms with E-state index in [1.54, 1.807) is 24.3 Å². The highest BCUT2D eigenvalue weighted by atomic mass is 16.2. The topological polar surface area (TPSA) is 34.1 Å². The maximum absolute atomic E-state index is 12.3. The standard InChI is InChI=1S/C16H16O2/c1-16(2)11-7-6-10-13(16)15(18)14(17)12-8-4-3-5-9-12/h3-11,13H,1-2H3. The van der Waals surface area contributed by atoms with Crippen LogP contribution in [-0.2, 0) is 4.79 Å². The summed E-state index contributed by atoms with van der Waals surface area (Å²) in [6, 6.07) is 8.71. The Balaban J connectivity index is 2.25. The first kappa shape index (κ1) is 12.5. The van der Waals surface area contributed by atoms with E-state index in [1.807, 2.05) is 44.2 Å². The van der Waals surface area contributed by atoms with E-state index < -0.39 is 5.78 Å². The molecule has 0 aliphatic heterocycles. The average molecular weight is 240 g/mol. The van der Waals surface area contributed by atoms with Gasteiger partial charge in [0, 0.05) is 5.56 Å². The lowest BCUT2D eigenvalue weighted by Crippen LogP contribution is -2.34. The van der Waals surface area contributed by atoms with E-state index in [-0.39, 0.29) is 17.1 Å². The fraction of sp³-hybridized carbons (Fsp3) is 0.250. The van der Waals surface area contributed by atoms with E-state index in [4.69, 9.17) is 0 Å². The number of hydrogen-bond acceptors (Lipinski definition) is 2. The zero-order valence-electron chi connectivity index (χ0n) is 10.6. The zero-order valence-corrected chi connectivity index (χ0v) is 10.6. The van der Waals surface area contributed by atoms with Gasteiger partial charge in [-0.2, -0.15) is 0 Å². The third kappa shape index (κ3) is 2.33. The highest BCUT2D eigenvalue weighted by Crippen LogP contribution is 2.33. The number of hydrogen-bond donors (Lipinski definition) is 0. The van der Waals surface area contributed by atoms with Crippen molar-refractivity contribution in [2.45, 2.75) is 13.8 Å². The van der Waals surface area contributed by atoms with E-state index >= 15 is 0 Å². The number of ketones is 2. The minimum absolute atomic E-state index is 0.309. The Morgan fingerprint density at radius 3 is 2.33 bits per heavy atom. The van der Waals surface area contributed by atoms with Crippen LogP contribution in [0, 0.1) is 11.3 Å². The van der Waals surface area contributed by atoms with Gasteiger partial charge in [-0.05, 0) is 5.41 Å². The minimum atomic E-state index is -0.409. The van der Waals surface area contributed by atoms with Gasteiger partial charge in [-0.1, -0.05) is 68.5 Å². The molecule has 18 heavy (non-hydrogen) atoms. The second-order valence-corrected chi connectivity index (χ2v) is 5.10. The highest BCUT2D eigenvalue weighted by Gasteiger charge is 2.35. The van der Waals surface area contributed by atoms with Gasteiger partial charge in [-0.25, -0.2) is 0 Å². The van der Waals surface area contributed by atoms with E-state index in [1.165, 1.54) is 0 Å². The Kier molecular flexibility index (Phi) is 3.28. The molecule has 0 saturated carbocycles. The molecule has 1 aromatic rings.